The molecule has 3 rings (SSSR count). The Hall–Kier alpha value is -2.37. The fourth-order valence-electron chi connectivity index (χ4n) is 2.76. The van der Waals surface area contributed by atoms with Crippen LogP contribution in [0.1, 0.15) is 41.5 Å². The van der Waals surface area contributed by atoms with Gasteiger partial charge in [0.25, 0.3) is 5.91 Å². The highest BCUT2D eigenvalue weighted by Crippen LogP contribution is 2.30. The molecule has 6 heteroatoms. The van der Waals surface area contributed by atoms with E-state index in [9.17, 15) is 4.79 Å². The Labute approximate surface area is 123 Å². The summed E-state index contributed by atoms with van der Waals surface area (Å²) in [4.78, 5) is 18.9. The zero-order chi connectivity index (χ0) is 14.7. The lowest BCUT2D eigenvalue weighted by atomic mass is 10.00. The van der Waals surface area contributed by atoms with Crippen molar-refractivity contribution in [3.63, 3.8) is 0 Å². The van der Waals surface area contributed by atoms with Crippen LogP contribution in [0.4, 0.5) is 0 Å². The standard InChI is InChI=1S/C15H18N4O2/c1-21-12-6-4-5-11(9-12)15(20)19-8-3-2-7-13(19)14-16-10-17-18-14/h4-6,9-10,13H,2-3,7-8H2,1H3,(H,16,17,18)/t13-/m0/s1. The molecule has 110 valence electrons. The Morgan fingerprint density at radius 3 is 3.10 bits per heavy atom. The van der Waals surface area contributed by atoms with Gasteiger partial charge in [-0.25, -0.2) is 4.98 Å². The number of ether oxygens (including phenoxy) is 1. The molecule has 1 saturated heterocycles. The first-order valence-corrected chi connectivity index (χ1v) is 7.10. The molecule has 6 nitrogen and oxygen atoms in total. The van der Waals surface area contributed by atoms with Crippen molar-refractivity contribution in [1.82, 2.24) is 20.1 Å². The summed E-state index contributed by atoms with van der Waals surface area (Å²) in [6.07, 6.45) is 4.50. The number of hydrogen-bond acceptors (Lipinski definition) is 4. The maximum absolute atomic E-state index is 12.8. The number of aromatic amines is 1. The molecule has 2 aromatic rings. The minimum atomic E-state index is -0.0278. The van der Waals surface area contributed by atoms with Crippen molar-refractivity contribution in [2.45, 2.75) is 25.3 Å². The Bertz CT molecular complexity index is 612. The van der Waals surface area contributed by atoms with E-state index in [-0.39, 0.29) is 11.9 Å². The molecule has 0 spiro atoms. The molecule has 1 amide bonds. The van der Waals surface area contributed by atoms with Crippen LogP contribution in [0.5, 0.6) is 5.75 Å². The van der Waals surface area contributed by atoms with Gasteiger partial charge in [0.05, 0.1) is 13.2 Å². The molecule has 0 unspecified atom stereocenters. The molecule has 0 bridgehead atoms. The number of methoxy groups -OCH3 is 1. The third-order valence-corrected chi connectivity index (χ3v) is 3.83. The lowest BCUT2D eigenvalue weighted by Crippen LogP contribution is -2.39. The summed E-state index contributed by atoms with van der Waals surface area (Å²) < 4.78 is 5.19. The molecular weight excluding hydrogens is 268 g/mol. The summed E-state index contributed by atoms with van der Waals surface area (Å²) >= 11 is 0. The molecule has 21 heavy (non-hydrogen) atoms. The predicted octanol–water partition coefficient (Wildman–Crippen LogP) is 2.18. The summed E-state index contributed by atoms with van der Waals surface area (Å²) in [5.74, 6) is 1.45. The van der Waals surface area contributed by atoms with E-state index in [2.05, 4.69) is 15.2 Å². The summed E-state index contributed by atoms with van der Waals surface area (Å²) in [6.45, 7) is 0.738. The van der Waals surface area contributed by atoms with Crippen LogP contribution in [0.3, 0.4) is 0 Å². The number of aromatic nitrogens is 3. The van der Waals surface area contributed by atoms with Gasteiger partial charge in [0.15, 0.2) is 0 Å². The number of amides is 1. The van der Waals surface area contributed by atoms with Crippen LogP contribution in [0.2, 0.25) is 0 Å². The first kappa shape index (κ1) is 13.6. The number of rotatable bonds is 3. The van der Waals surface area contributed by atoms with Crippen molar-refractivity contribution in [1.29, 1.82) is 0 Å². The molecule has 1 aliphatic rings. The van der Waals surface area contributed by atoms with Crippen LogP contribution in [0.15, 0.2) is 30.6 Å². The van der Waals surface area contributed by atoms with Crippen molar-refractivity contribution < 1.29 is 9.53 Å². The number of nitrogens with zero attached hydrogens (tertiary/aromatic N) is 3. The Balaban J connectivity index is 1.87. The normalized spacial score (nSPS) is 18.5. The number of nitrogens with one attached hydrogen (secondary N) is 1. The molecule has 1 N–H and O–H groups in total. The van der Waals surface area contributed by atoms with Crippen LogP contribution >= 0.6 is 0 Å². The van der Waals surface area contributed by atoms with Crippen LogP contribution in [0, 0.1) is 0 Å². The number of piperidine rings is 1. The quantitative estimate of drug-likeness (QED) is 0.938. The Morgan fingerprint density at radius 2 is 2.33 bits per heavy atom. The number of carbonyl (C=O) groups is 1. The maximum atomic E-state index is 12.8. The third kappa shape index (κ3) is 2.74. The highest BCUT2D eigenvalue weighted by Gasteiger charge is 2.30. The largest absolute Gasteiger partial charge is 0.497 e. The second-order valence-electron chi connectivity index (χ2n) is 5.11. The molecule has 1 aliphatic heterocycles. The van der Waals surface area contributed by atoms with Crippen molar-refractivity contribution in [3.8, 4) is 5.75 Å². The van der Waals surface area contributed by atoms with E-state index < -0.39 is 0 Å². The first-order valence-electron chi connectivity index (χ1n) is 7.10. The van der Waals surface area contributed by atoms with Gasteiger partial charge in [-0.2, -0.15) is 5.10 Å². The second-order valence-corrected chi connectivity index (χ2v) is 5.11. The summed E-state index contributed by atoms with van der Waals surface area (Å²) in [7, 11) is 1.60. The average Bonchev–Trinajstić information content (AvgIpc) is 3.08. The zero-order valence-corrected chi connectivity index (χ0v) is 12.0. The lowest BCUT2D eigenvalue weighted by molar-refractivity contribution is 0.0600. The van der Waals surface area contributed by atoms with E-state index >= 15 is 0 Å². The number of carbonyl (C=O) groups excluding carboxylic acids is 1. The van der Waals surface area contributed by atoms with Crippen LogP contribution < -0.4 is 4.74 Å². The van der Waals surface area contributed by atoms with Crippen LogP contribution in [0.25, 0.3) is 0 Å². The van der Waals surface area contributed by atoms with E-state index in [1.165, 1.54) is 6.33 Å². The molecule has 0 radical (unpaired) electrons. The molecule has 1 aromatic carbocycles. The van der Waals surface area contributed by atoms with Gasteiger partial charge in [-0.3, -0.25) is 9.89 Å². The van der Waals surface area contributed by atoms with Gasteiger partial charge < -0.3 is 9.64 Å². The summed E-state index contributed by atoms with van der Waals surface area (Å²) in [5.41, 5.74) is 0.640. The van der Waals surface area contributed by atoms with Gasteiger partial charge in [-0.1, -0.05) is 6.07 Å². The number of H-pyrrole nitrogens is 1. The Morgan fingerprint density at radius 1 is 1.43 bits per heavy atom. The van der Waals surface area contributed by atoms with Gasteiger partial charge in [-0.15, -0.1) is 0 Å². The van der Waals surface area contributed by atoms with Gasteiger partial charge >= 0.3 is 0 Å². The maximum Gasteiger partial charge on any atom is 0.254 e. The van der Waals surface area contributed by atoms with Gasteiger partial charge in [0, 0.05) is 12.1 Å². The predicted molar refractivity (Wildman–Crippen MR) is 77.0 cm³/mol. The zero-order valence-electron chi connectivity index (χ0n) is 12.0. The fraction of sp³-hybridized carbons (Fsp3) is 0.400. The number of likely N-dealkylation sites (tertiary alicyclic amines) is 1. The van der Waals surface area contributed by atoms with Crippen molar-refractivity contribution >= 4 is 5.91 Å². The minimum Gasteiger partial charge on any atom is -0.497 e. The third-order valence-electron chi connectivity index (χ3n) is 3.83. The van der Waals surface area contributed by atoms with Gasteiger partial charge in [0.2, 0.25) is 0 Å². The van der Waals surface area contributed by atoms with E-state index in [1.807, 2.05) is 23.1 Å². The smallest absolute Gasteiger partial charge is 0.254 e. The van der Waals surface area contributed by atoms with E-state index in [0.29, 0.717) is 11.3 Å². The average molecular weight is 286 g/mol. The molecule has 2 heterocycles. The van der Waals surface area contributed by atoms with E-state index in [0.717, 1.165) is 31.6 Å². The highest BCUT2D eigenvalue weighted by atomic mass is 16.5. The molecule has 0 aliphatic carbocycles. The molecule has 0 saturated carbocycles. The molecular formula is C15H18N4O2. The van der Waals surface area contributed by atoms with Crippen molar-refractivity contribution in [2.24, 2.45) is 0 Å². The van der Waals surface area contributed by atoms with Gasteiger partial charge in [-0.05, 0) is 37.5 Å². The fourth-order valence-corrected chi connectivity index (χ4v) is 2.76. The molecule has 1 aromatic heterocycles. The van der Waals surface area contributed by atoms with E-state index in [4.69, 9.17) is 4.74 Å². The number of hydrogen-bond donors (Lipinski definition) is 1. The summed E-state index contributed by atoms with van der Waals surface area (Å²) in [6, 6.07) is 7.23. The first-order chi connectivity index (χ1) is 10.3. The highest BCUT2D eigenvalue weighted by molar-refractivity contribution is 5.94. The lowest BCUT2D eigenvalue weighted by Gasteiger charge is -2.34. The molecule has 1 fully saturated rings. The monoisotopic (exact) mass is 286 g/mol. The van der Waals surface area contributed by atoms with E-state index in [1.54, 1.807) is 13.2 Å². The van der Waals surface area contributed by atoms with Crippen molar-refractivity contribution in [3.05, 3.63) is 42.0 Å². The summed E-state index contributed by atoms with van der Waals surface area (Å²) in [5, 5.41) is 6.78. The van der Waals surface area contributed by atoms with Crippen LogP contribution in [-0.4, -0.2) is 39.6 Å². The van der Waals surface area contributed by atoms with Crippen molar-refractivity contribution in [2.75, 3.05) is 13.7 Å². The SMILES string of the molecule is COc1cccc(C(=O)N2CCCC[C@H]2c2ncn[nH]2)c1. The second kappa shape index (κ2) is 5.95. The topological polar surface area (TPSA) is 71.1 Å². The van der Waals surface area contributed by atoms with Gasteiger partial charge in [0.1, 0.15) is 17.9 Å². The Kier molecular flexibility index (Phi) is 3.85. The molecule has 1 atom stereocenters. The minimum absolute atomic E-state index is 0.00926. The van der Waals surface area contributed by atoms with Crippen LogP contribution in [-0.2, 0) is 0 Å². The number of benzene rings is 1.